The number of H-pyrrole nitrogens is 1. The van der Waals surface area contributed by atoms with Gasteiger partial charge in [0.25, 0.3) is 0 Å². The molecule has 0 spiro atoms. The molecule has 2 fully saturated rings. The summed E-state index contributed by atoms with van der Waals surface area (Å²) >= 11 is 0. The van der Waals surface area contributed by atoms with E-state index in [9.17, 15) is 4.39 Å². The molecule has 3 unspecified atom stereocenters. The van der Waals surface area contributed by atoms with Crippen LogP contribution in [0.2, 0.25) is 0 Å². The topological polar surface area (TPSA) is 31.9 Å². The summed E-state index contributed by atoms with van der Waals surface area (Å²) in [5.41, 5.74) is 5.97. The summed E-state index contributed by atoms with van der Waals surface area (Å²) in [7, 11) is 0. The first-order chi connectivity index (χ1) is 16.7. The molecule has 1 N–H and O–H groups in total. The standard InChI is InChI=1S/C30H40FN3/c1-2-22-7-5-18-34(19-16-22)27-13-10-24(11-14-27)30-28-21-26(33-29(28)15-17-32-30)20-23-6-3-4-8-25(31)12-9-23/h10-11,13-15,17,21-23,25,33H,2-9,12,16,18-20H2,1H3. The summed E-state index contributed by atoms with van der Waals surface area (Å²) in [4.78, 5) is 11.0. The van der Waals surface area contributed by atoms with E-state index in [0.717, 1.165) is 68.7 Å². The fourth-order valence-corrected chi connectivity index (χ4v) is 6.13. The zero-order valence-electron chi connectivity index (χ0n) is 20.7. The molecule has 0 radical (unpaired) electrons. The molecular weight excluding hydrogens is 421 g/mol. The molecule has 182 valence electrons. The van der Waals surface area contributed by atoms with E-state index in [-0.39, 0.29) is 0 Å². The Morgan fingerprint density at radius 2 is 1.74 bits per heavy atom. The van der Waals surface area contributed by atoms with Gasteiger partial charge in [-0.1, -0.05) is 44.7 Å². The molecule has 2 aliphatic rings. The second-order valence-electron chi connectivity index (χ2n) is 10.7. The maximum absolute atomic E-state index is 13.9. The number of pyridine rings is 1. The predicted octanol–water partition coefficient (Wildman–Crippen LogP) is 8.10. The van der Waals surface area contributed by atoms with Crippen molar-refractivity contribution in [3.63, 3.8) is 0 Å². The number of hydrogen-bond acceptors (Lipinski definition) is 2. The van der Waals surface area contributed by atoms with Gasteiger partial charge in [-0.2, -0.15) is 0 Å². The molecule has 0 amide bonds. The third-order valence-corrected chi connectivity index (χ3v) is 8.31. The van der Waals surface area contributed by atoms with Crippen molar-refractivity contribution in [1.29, 1.82) is 0 Å². The second-order valence-corrected chi connectivity index (χ2v) is 10.7. The molecule has 0 bridgehead atoms. The van der Waals surface area contributed by atoms with Gasteiger partial charge in [0.2, 0.25) is 0 Å². The first-order valence-corrected chi connectivity index (χ1v) is 13.7. The van der Waals surface area contributed by atoms with Gasteiger partial charge in [0.15, 0.2) is 0 Å². The lowest BCUT2D eigenvalue weighted by Gasteiger charge is -2.23. The van der Waals surface area contributed by atoms with Gasteiger partial charge in [-0.25, -0.2) is 4.39 Å². The van der Waals surface area contributed by atoms with Crippen molar-refractivity contribution < 1.29 is 4.39 Å². The molecule has 3 heterocycles. The Kier molecular flexibility index (Phi) is 7.51. The molecule has 3 atom stereocenters. The molecule has 3 nitrogen and oxygen atoms in total. The van der Waals surface area contributed by atoms with Gasteiger partial charge in [0.05, 0.1) is 5.69 Å². The van der Waals surface area contributed by atoms with E-state index in [1.165, 1.54) is 54.4 Å². The van der Waals surface area contributed by atoms with E-state index in [1.807, 2.05) is 6.20 Å². The third-order valence-electron chi connectivity index (χ3n) is 8.31. The highest BCUT2D eigenvalue weighted by atomic mass is 19.1. The molecular formula is C30H40FN3. The lowest BCUT2D eigenvalue weighted by atomic mass is 9.87. The molecule has 34 heavy (non-hydrogen) atoms. The lowest BCUT2D eigenvalue weighted by molar-refractivity contribution is 0.238. The summed E-state index contributed by atoms with van der Waals surface area (Å²) in [6, 6.07) is 13.4. The Bertz CT molecular complexity index is 1060. The van der Waals surface area contributed by atoms with Crippen molar-refractivity contribution in [1.82, 2.24) is 9.97 Å². The van der Waals surface area contributed by atoms with Gasteiger partial charge in [-0.15, -0.1) is 0 Å². The number of alkyl halides is 1. The normalized spacial score (nSPS) is 24.5. The van der Waals surface area contributed by atoms with Crippen LogP contribution in [0.5, 0.6) is 0 Å². The van der Waals surface area contributed by atoms with Crippen LogP contribution in [0.1, 0.15) is 76.8 Å². The van der Waals surface area contributed by atoms with Crippen LogP contribution >= 0.6 is 0 Å². The van der Waals surface area contributed by atoms with Crippen LogP contribution in [0, 0.1) is 11.8 Å². The van der Waals surface area contributed by atoms with Gasteiger partial charge in [0, 0.05) is 47.1 Å². The van der Waals surface area contributed by atoms with Gasteiger partial charge in [-0.3, -0.25) is 4.98 Å². The van der Waals surface area contributed by atoms with Crippen LogP contribution in [0.25, 0.3) is 22.2 Å². The summed E-state index contributed by atoms with van der Waals surface area (Å²) in [6.45, 7) is 4.65. The molecule has 1 saturated carbocycles. The Morgan fingerprint density at radius 1 is 0.912 bits per heavy atom. The zero-order valence-corrected chi connectivity index (χ0v) is 20.7. The van der Waals surface area contributed by atoms with Crippen molar-refractivity contribution in [2.75, 3.05) is 18.0 Å². The molecule has 1 aromatic carbocycles. The molecule has 5 rings (SSSR count). The van der Waals surface area contributed by atoms with E-state index >= 15 is 0 Å². The third kappa shape index (κ3) is 5.47. The van der Waals surface area contributed by atoms with Gasteiger partial charge >= 0.3 is 0 Å². The average molecular weight is 462 g/mol. The van der Waals surface area contributed by atoms with Crippen LogP contribution in [0.15, 0.2) is 42.6 Å². The number of benzene rings is 1. The summed E-state index contributed by atoms with van der Waals surface area (Å²) < 4.78 is 13.9. The predicted molar refractivity (Wildman–Crippen MR) is 141 cm³/mol. The minimum absolute atomic E-state index is 0.572. The first-order valence-electron chi connectivity index (χ1n) is 13.7. The summed E-state index contributed by atoms with van der Waals surface area (Å²) in [5, 5.41) is 1.19. The second kappa shape index (κ2) is 10.9. The fraction of sp³-hybridized carbons (Fsp3) is 0.567. The monoisotopic (exact) mass is 461 g/mol. The van der Waals surface area contributed by atoms with Gasteiger partial charge in [0.1, 0.15) is 6.17 Å². The molecule has 4 heteroatoms. The van der Waals surface area contributed by atoms with E-state index in [2.05, 4.69) is 53.2 Å². The van der Waals surface area contributed by atoms with Crippen LogP contribution in [0.4, 0.5) is 10.1 Å². The van der Waals surface area contributed by atoms with E-state index < -0.39 is 6.17 Å². The number of hydrogen-bond donors (Lipinski definition) is 1. The van der Waals surface area contributed by atoms with Crippen molar-refractivity contribution in [2.45, 2.75) is 83.7 Å². The van der Waals surface area contributed by atoms with E-state index in [1.54, 1.807) is 0 Å². The summed E-state index contributed by atoms with van der Waals surface area (Å²) in [6.07, 6.45) is 13.5. The highest BCUT2D eigenvalue weighted by Crippen LogP contribution is 2.32. The number of nitrogens with one attached hydrogen (secondary N) is 1. The van der Waals surface area contributed by atoms with Crippen LogP contribution in [-0.2, 0) is 6.42 Å². The molecule has 1 aliphatic heterocycles. The van der Waals surface area contributed by atoms with Crippen molar-refractivity contribution in [3.8, 4) is 11.3 Å². The minimum atomic E-state index is -0.605. The van der Waals surface area contributed by atoms with Crippen molar-refractivity contribution >= 4 is 16.6 Å². The Morgan fingerprint density at radius 3 is 2.59 bits per heavy atom. The molecule has 2 aromatic heterocycles. The number of anilines is 1. The van der Waals surface area contributed by atoms with Crippen LogP contribution in [0.3, 0.4) is 0 Å². The SMILES string of the molecule is CCC1CCCN(c2ccc(-c3nccc4[nH]c(CC5CCCCC(F)CC5)cc34)cc2)CC1. The Labute approximate surface area is 204 Å². The first kappa shape index (κ1) is 23.4. The van der Waals surface area contributed by atoms with Gasteiger partial charge in [-0.05, 0) is 81.0 Å². The molecule has 1 saturated heterocycles. The minimum Gasteiger partial charge on any atom is -0.372 e. The highest BCUT2D eigenvalue weighted by molar-refractivity contribution is 5.93. The maximum Gasteiger partial charge on any atom is 0.100 e. The van der Waals surface area contributed by atoms with E-state index in [0.29, 0.717) is 5.92 Å². The smallest absolute Gasteiger partial charge is 0.100 e. The van der Waals surface area contributed by atoms with Crippen molar-refractivity contribution in [3.05, 3.63) is 48.3 Å². The molecule has 3 aromatic rings. The quantitative estimate of drug-likeness (QED) is 0.416. The van der Waals surface area contributed by atoms with Crippen molar-refractivity contribution in [2.24, 2.45) is 11.8 Å². The molecule has 1 aliphatic carbocycles. The number of nitrogens with zero attached hydrogens (tertiary/aromatic N) is 2. The Balaban J connectivity index is 1.32. The lowest BCUT2D eigenvalue weighted by Crippen LogP contribution is -2.24. The average Bonchev–Trinajstić information content (AvgIpc) is 3.11. The number of rotatable bonds is 5. The number of aromatic amines is 1. The zero-order chi connectivity index (χ0) is 23.3. The number of fused-ring (bicyclic) bond motifs is 1. The van der Waals surface area contributed by atoms with E-state index in [4.69, 9.17) is 4.98 Å². The number of aromatic nitrogens is 2. The van der Waals surface area contributed by atoms with Crippen LogP contribution in [-0.4, -0.2) is 29.2 Å². The Hall–Kier alpha value is -2.36. The number of halogens is 1. The largest absolute Gasteiger partial charge is 0.372 e. The highest BCUT2D eigenvalue weighted by Gasteiger charge is 2.19. The van der Waals surface area contributed by atoms with Crippen LogP contribution < -0.4 is 4.90 Å². The fourth-order valence-electron chi connectivity index (χ4n) is 6.13. The maximum atomic E-state index is 13.9. The summed E-state index contributed by atoms with van der Waals surface area (Å²) in [5.74, 6) is 1.46. The van der Waals surface area contributed by atoms with Gasteiger partial charge < -0.3 is 9.88 Å².